The second kappa shape index (κ2) is 13.9. The van der Waals surface area contributed by atoms with Crippen molar-refractivity contribution in [2.45, 2.75) is 22.8 Å². The van der Waals surface area contributed by atoms with Crippen LogP contribution in [0, 0.1) is 15.9 Å². The molecular formula is C30H27FN4O6S2. The van der Waals surface area contributed by atoms with Gasteiger partial charge in [-0.15, -0.1) is 11.8 Å². The van der Waals surface area contributed by atoms with Crippen LogP contribution in [0.1, 0.15) is 17.3 Å². The molecule has 4 aromatic rings. The van der Waals surface area contributed by atoms with Gasteiger partial charge in [0.2, 0.25) is 5.91 Å². The zero-order valence-electron chi connectivity index (χ0n) is 22.8. The van der Waals surface area contributed by atoms with E-state index in [0.29, 0.717) is 16.9 Å². The van der Waals surface area contributed by atoms with Gasteiger partial charge in [0.25, 0.3) is 21.6 Å². The molecule has 4 aromatic carbocycles. The third-order valence-electron chi connectivity index (χ3n) is 6.18. The fraction of sp³-hybridized carbons (Fsp3) is 0.133. The molecule has 3 N–H and O–H groups in total. The first kappa shape index (κ1) is 31.2. The van der Waals surface area contributed by atoms with Gasteiger partial charge in [0.1, 0.15) is 11.5 Å². The van der Waals surface area contributed by atoms with Crippen LogP contribution in [0.25, 0.3) is 11.1 Å². The van der Waals surface area contributed by atoms with Crippen LogP contribution in [0.4, 0.5) is 15.8 Å². The number of nitrogens with one attached hydrogen (secondary N) is 3. The lowest BCUT2D eigenvalue weighted by atomic mass is 10.0. The molecule has 0 aliphatic heterocycles. The van der Waals surface area contributed by atoms with E-state index >= 15 is 0 Å². The molecule has 0 saturated carbocycles. The fourth-order valence-electron chi connectivity index (χ4n) is 4.00. The normalized spacial score (nSPS) is 11.8. The quantitative estimate of drug-likeness (QED) is 0.111. The summed E-state index contributed by atoms with van der Waals surface area (Å²) in [6, 6.07) is 24.1. The van der Waals surface area contributed by atoms with Crippen LogP contribution in [0.15, 0.2) is 107 Å². The van der Waals surface area contributed by atoms with E-state index in [4.69, 9.17) is 0 Å². The number of hydrogen-bond donors (Lipinski definition) is 3. The molecule has 10 nitrogen and oxygen atoms in total. The van der Waals surface area contributed by atoms with Gasteiger partial charge in [-0.25, -0.2) is 17.5 Å². The first-order valence-electron chi connectivity index (χ1n) is 12.9. The highest BCUT2D eigenvalue weighted by atomic mass is 32.2. The zero-order chi connectivity index (χ0) is 31.0. The van der Waals surface area contributed by atoms with Crippen LogP contribution < -0.4 is 15.4 Å². The van der Waals surface area contributed by atoms with Crippen LogP contribution in [0.5, 0.6) is 0 Å². The molecule has 4 rings (SSSR count). The summed E-state index contributed by atoms with van der Waals surface area (Å²) in [6.45, 7) is 1.53. The lowest BCUT2D eigenvalue weighted by Gasteiger charge is -2.20. The Morgan fingerprint density at radius 2 is 1.56 bits per heavy atom. The Bertz CT molecular complexity index is 1720. The molecule has 0 aliphatic carbocycles. The molecule has 1 atom stereocenters. The van der Waals surface area contributed by atoms with E-state index in [0.717, 1.165) is 17.0 Å². The summed E-state index contributed by atoms with van der Waals surface area (Å²) in [5, 5.41) is 17.7. The average molecular weight is 623 g/mol. The van der Waals surface area contributed by atoms with Crippen molar-refractivity contribution in [2.75, 3.05) is 17.6 Å². The Kier molecular flexibility index (Phi) is 10.1. The maximum atomic E-state index is 13.2. The Labute approximate surface area is 251 Å². The smallest absolute Gasteiger partial charge is 0.293 e. The topological polar surface area (TPSA) is 148 Å². The predicted molar refractivity (Wildman–Crippen MR) is 163 cm³/mol. The van der Waals surface area contributed by atoms with E-state index in [1.807, 2.05) is 35.1 Å². The molecular weight excluding hydrogens is 595 g/mol. The average Bonchev–Trinajstić information content (AvgIpc) is 2.99. The van der Waals surface area contributed by atoms with Crippen LogP contribution >= 0.6 is 11.8 Å². The summed E-state index contributed by atoms with van der Waals surface area (Å²) in [6.07, 6.45) is 0. The molecule has 0 saturated heterocycles. The van der Waals surface area contributed by atoms with E-state index in [9.17, 15) is 32.5 Å². The molecule has 0 aliphatic rings. The van der Waals surface area contributed by atoms with Crippen molar-refractivity contribution in [3.05, 3.63) is 119 Å². The Balaban J connectivity index is 1.50. The van der Waals surface area contributed by atoms with Crippen LogP contribution in [-0.4, -0.2) is 43.5 Å². The van der Waals surface area contributed by atoms with E-state index in [1.165, 1.54) is 49.0 Å². The largest absolute Gasteiger partial charge is 0.374 e. The van der Waals surface area contributed by atoms with Crippen molar-refractivity contribution in [1.29, 1.82) is 0 Å². The van der Waals surface area contributed by atoms with Crippen molar-refractivity contribution in [1.82, 2.24) is 10.0 Å². The summed E-state index contributed by atoms with van der Waals surface area (Å²) < 4.78 is 41.2. The summed E-state index contributed by atoms with van der Waals surface area (Å²) in [7, 11) is -4.48. The van der Waals surface area contributed by atoms with Crippen LogP contribution in [0.3, 0.4) is 0 Å². The third-order valence-corrected chi connectivity index (χ3v) is 8.68. The van der Waals surface area contributed by atoms with Gasteiger partial charge < -0.3 is 10.6 Å². The number of nitro benzene ring substituents is 1. The van der Waals surface area contributed by atoms with E-state index in [-0.39, 0.29) is 29.5 Å². The predicted octanol–water partition coefficient (Wildman–Crippen LogP) is 5.23. The number of nitro groups is 1. The lowest BCUT2D eigenvalue weighted by Crippen LogP contribution is -2.37. The molecule has 0 radical (unpaired) electrons. The molecule has 1 unspecified atom stereocenters. The second-order valence-corrected chi connectivity index (χ2v) is 12.1. The molecule has 0 bridgehead atoms. The number of thioether (sulfide) groups is 1. The molecule has 0 spiro atoms. The number of amides is 2. The number of benzene rings is 4. The summed E-state index contributed by atoms with van der Waals surface area (Å²) in [5.41, 5.74) is 0.975. The standard InChI is InChI=1S/C30H27FN4O6S2/c1-20(36)32-18-25(19-42-26-5-3-2-4-6-26)33-28-16-15-27(17-29(28)35(38)39)43(40,41)34-30(37)23-9-7-21(8-10-23)22-11-13-24(31)14-12-22/h2-17,25,33H,18-19H2,1H3,(H,32,36)(H,34,37). The van der Waals surface area contributed by atoms with Gasteiger partial charge in [0.05, 0.1) is 15.9 Å². The summed E-state index contributed by atoms with van der Waals surface area (Å²) in [4.78, 5) is 36.0. The van der Waals surface area contributed by atoms with Gasteiger partial charge in [0.15, 0.2) is 0 Å². The molecule has 43 heavy (non-hydrogen) atoms. The number of halogens is 1. The fourth-order valence-corrected chi connectivity index (χ4v) is 5.94. The van der Waals surface area contributed by atoms with Gasteiger partial charge in [-0.05, 0) is 59.7 Å². The van der Waals surface area contributed by atoms with Crippen LogP contribution in [0.2, 0.25) is 0 Å². The van der Waals surface area contributed by atoms with Gasteiger partial charge in [-0.3, -0.25) is 19.7 Å². The first-order chi connectivity index (χ1) is 20.5. The highest BCUT2D eigenvalue weighted by molar-refractivity contribution is 7.99. The Morgan fingerprint density at radius 1 is 0.930 bits per heavy atom. The van der Waals surface area contributed by atoms with E-state index in [1.54, 1.807) is 24.3 Å². The van der Waals surface area contributed by atoms with E-state index in [2.05, 4.69) is 10.6 Å². The number of carbonyl (C=O) groups is 2. The lowest BCUT2D eigenvalue weighted by molar-refractivity contribution is -0.384. The minimum atomic E-state index is -4.48. The van der Waals surface area contributed by atoms with Crippen molar-refractivity contribution < 1.29 is 27.3 Å². The first-order valence-corrected chi connectivity index (χ1v) is 15.4. The van der Waals surface area contributed by atoms with Gasteiger partial charge in [-0.1, -0.05) is 42.5 Å². The SMILES string of the molecule is CC(=O)NCC(CSc1ccccc1)Nc1ccc(S(=O)(=O)NC(=O)c2ccc(-c3ccc(F)cc3)cc2)cc1[N+](=O)[O-]. The Hall–Kier alpha value is -4.75. The van der Waals surface area contributed by atoms with E-state index < -0.39 is 37.5 Å². The summed E-state index contributed by atoms with van der Waals surface area (Å²) in [5.74, 6) is -1.14. The summed E-state index contributed by atoms with van der Waals surface area (Å²) >= 11 is 1.48. The number of carbonyl (C=O) groups excluding carboxylic acids is 2. The van der Waals surface area contributed by atoms with Crippen molar-refractivity contribution in [3.8, 4) is 11.1 Å². The van der Waals surface area contributed by atoms with Crippen molar-refractivity contribution in [2.24, 2.45) is 0 Å². The monoisotopic (exact) mass is 622 g/mol. The van der Waals surface area contributed by atoms with Gasteiger partial charge in [0, 0.05) is 35.7 Å². The van der Waals surface area contributed by atoms with Gasteiger partial charge in [-0.2, -0.15) is 0 Å². The highest BCUT2D eigenvalue weighted by Gasteiger charge is 2.25. The highest BCUT2D eigenvalue weighted by Crippen LogP contribution is 2.29. The molecule has 0 fully saturated rings. The number of nitrogens with zero attached hydrogens (tertiary/aromatic N) is 1. The van der Waals surface area contributed by atoms with Crippen LogP contribution in [-0.2, 0) is 14.8 Å². The zero-order valence-corrected chi connectivity index (χ0v) is 24.5. The van der Waals surface area contributed by atoms with Gasteiger partial charge >= 0.3 is 0 Å². The minimum absolute atomic E-state index is 0.0407. The van der Waals surface area contributed by atoms with Crippen molar-refractivity contribution in [3.63, 3.8) is 0 Å². The molecule has 222 valence electrons. The number of sulfonamides is 1. The molecule has 0 heterocycles. The maximum absolute atomic E-state index is 13.2. The number of rotatable bonds is 12. The Morgan fingerprint density at radius 3 is 2.16 bits per heavy atom. The minimum Gasteiger partial charge on any atom is -0.374 e. The third kappa shape index (κ3) is 8.63. The molecule has 0 aromatic heterocycles. The molecule has 13 heteroatoms. The number of anilines is 1. The second-order valence-electron chi connectivity index (χ2n) is 9.36. The number of hydrogen-bond acceptors (Lipinski definition) is 8. The van der Waals surface area contributed by atoms with Crippen molar-refractivity contribution >= 4 is 45.0 Å². The maximum Gasteiger partial charge on any atom is 0.293 e. The molecule has 2 amide bonds.